The first kappa shape index (κ1) is 15.4. The third-order valence-electron chi connectivity index (χ3n) is 3.30. The number of hydrogen-bond donors (Lipinski definition) is 1. The molecule has 0 atom stereocenters. The van der Waals surface area contributed by atoms with Gasteiger partial charge in [-0.1, -0.05) is 17.7 Å². The maximum absolute atomic E-state index is 12.4. The van der Waals surface area contributed by atoms with Crippen LogP contribution in [0.15, 0.2) is 41.3 Å². The van der Waals surface area contributed by atoms with Gasteiger partial charge in [0.25, 0.3) is 10.0 Å². The monoisotopic (exact) mass is 305 g/mol. The topological polar surface area (TPSA) is 55.4 Å². The van der Waals surface area contributed by atoms with Gasteiger partial charge in [-0.15, -0.1) is 0 Å². The number of ether oxygens (including phenoxy) is 1. The van der Waals surface area contributed by atoms with Crippen molar-refractivity contribution in [2.45, 2.75) is 25.7 Å². The minimum Gasteiger partial charge on any atom is -0.496 e. The molecule has 0 saturated heterocycles. The molecule has 2 aromatic carbocycles. The highest BCUT2D eigenvalue weighted by Crippen LogP contribution is 2.24. The Labute approximate surface area is 125 Å². The molecule has 1 N–H and O–H groups in total. The van der Waals surface area contributed by atoms with Crippen LogP contribution in [0.4, 0.5) is 5.69 Å². The molecule has 0 unspecified atom stereocenters. The van der Waals surface area contributed by atoms with Crippen LogP contribution in [0.1, 0.15) is 16.7 Å². The minimum absolute atomic E-state index is 0.223. The minimum atomic E-state index is -3.60. The summed E-state index contributed by atoms with van der Waals surface area (Å²) in [5, 5.41) is 0. The van der Waals surface area contributed by atoms with Gasteiger partial charge in [-0.3, -0.25) is 4.72 Å². The number of aryl methyl sites for hydroxylation is 3. The molecule has 2 aromatic rings. The largest absolute Gasteiger partial charge is 0.496 e. The second kappa shape index (κ2) is 5.77. The lowest BCUT2D eigenvalue weighted by atomic mass is 10.1. The van der Waals surface area contributed by atoms with Gasteiger partial charge in [0.15, 0.2) is 0 Å². The standard InChI is InChI=1S/C16H19NO3S/c1-11-5-7-15(12(2)9-11)17-21(18,19)14-6-8-16(20-4)13(3)10-14/h5-10,17H,1-4H3. The summed E-state index contributed by atoms with van der Waals surface area (Å²) in [6.45, 7) is 5.66. The smallest absolute Gasteiger partial charge is 0.261 e. The van der Waals surface area contributed by atoms with Gasteiger partial charge in [-0.2, -0.15) is 0 Å². The average Bonchev–Trinajstić information content (AvgIpc) is 2.42. The summed E-state index contributed by atoms with van der Waals surface area (Å²) in [6, 6.07) is 10.4. The number of hydrogen-bond acceptors (Lipinski definition) is 3. The van der Waals surface area contributed by atoms with Crippen molar-refractivity contribution >= 4 is 15.7 Å². The van der Waals surface area contributed by atoms with Gasteiger partial charge in [0, 0.05) is 0 Å². The maximum Gasteiger partial charge on any atom is 0.261 e. The normalized spacial score (nSPS) is 11.2. The summed E-state index contributed by atoms with van der Waals surface area (Å²) in [5.74, 6) is 0.667. The van der Waals surface area contributed by atoms with E-state index >= 15 is 0 Å². The number of benzene rings is 2. The lowest BCUT2D eigenvalue weighted by molar-refractivity contribution is 0.411. The molecule has 0 aromatic heterocycles. The molecule has 0 aliphatic rings. The molecule has 0 aliphatic heterocycles. The molecule has 0 saturated carbocycles. The van der Waals surface area contributed by atoms with E-state index in [-0.39, 0.29) is 4.90 Å². The summed E-state index contributed by atoms with van der Waals surface area (Å²) >= 11 is 0. The van der Waals surface area contributed by atoms with Crippen LogP contribution in [-0.4, -0.2) is 15.5 Å². The highest BCUT2D eigenvalue weighted by atomic mass is 32.2. The first-order chi connectivity index (χ1) is 9.83. The van der Waals surface area contributed by atoms with Gasteiger partial charge in [0.1, 0.15) is 5.75 Å². The Bertz CT molecular complexity index is 767. The van der Waals surface area contributed by atoms with Gasteiger partial charge in [-0.25, -0.2) is 8.42 Å². The molecular weight excluding hydrogens is 286 g/mol. The summed E-state index contributed by atoms with van der Waals surface area (Å²) in [5.41, 5.74) is 3.36. The van der Waals surface area contributed by atoms with Crippen molar-refractivity contribution in [3.8, 4) is 5.75 Å². The van der Waals surface area contributed by atoms with Crippen LogP contribution < -0.4 is 9.46 Å². The van der Waals surface area contributed by atoms with E-state index in [1.165, 1.54) is 6.07 Å². The lowest BCUT2D eigenvalue weighted by Crippen LogP contribution is -2.14. The van der Waals surface area contributed by atoms with E-state index in [0.717, 1.165) is 16.7 Å². The maximum atomic E-state index is 12.4. The molecular formula is C16H19NO3S. The van der Waals surface area contributed by atoms with Gasteiger partial charge >= 0.3 is 0 Å². The Balaban J connectivity index is 2.36. The third kappa shape index (κ3) is 3.36. The summed E-state index contributed by atoms with van der Waals surface area (Å²) < 4.78 is 32.7. The number of methoxy groups -OCH3 is 1. The molecule has 21 heavy (non-hydrogen) atoms. The van der Waals surface area contributed by atoms with Crippen molar-refractivity contribution in [1.82, 2.24) is 0 Å². The van der Waals surface area contributed by atoms with E-state index in [0.29, 0.717) is 11.4 Å². The Kier molecular flexibility index (Phi) is 4.23. The Morgan fingerprint density at radius 3 is 2.24 bits per heavy atom. The van der Waals surface area contributed by atoms with Crippen LogP contribution in [-0.2, 0) is 10.0 Å². The van der Waals surface area contributed by atoms with Crippen molar-refractivity contribution in [3.05, 3.63) is 53.1 Å². The number of nitrogens with one attached hydrogen (secondary N) is 1. The molecule has 0 heterocycles. The van der Waals surface area contributed by atoms with E-state index in [9.17, 15) is 8.42 Å². The van der Waals surface area contributed by atoms with E-state index in [1.54, 1.807) is 25.3 Å². The zero-order chi connectivity index (χ0) is 15.6. The van der Waals surface area contributed by atoms with Gasteiger partial charge in [-0.05, 0) is 56.2 Å². The molecule has 0 aliphatic carbocycles. The first-order valence-electron chi connectivity index (χ1n) is 6.58. The first-order valence-corrected chi connectivity index (χ1v) is 8.06. The van der Waals surface area contributed by atoms with Crippen molar-refractivity contribution in [2.75, 3.05) is 11.8 Å². The van der Waals surface area contributed by atoms with Crippen molar-refractivity contribution in [3.63, 3.8) is 0 Å². The van der Waals surface area contributed by atoms with Crippen LogP contribution in [0.5, 0.6) is 5.75 Å². The molecule has 0 bridgehead atoms. The molecule has 5 heteroatoms. The molecule has 2 rings (SSSR count). The summed E-state index contributed by atoms with van der Waals surface area (Å²) in [6.07, 6.45) is 0. The highest BCUT2D eigenvalue weighted by molar-refractivity contribution is 7.92. The van der Waals surface area contributed by atoms with Crippen LogP contribution in [0.3, 0.4) is 0 Å². The Hall–Kier alpha value is -2.01. The zero-order valence-electron chi connectivity index (χ0n) is 12.6. The fourth-order valence-electron chi connectivity index (χ4n) is 2.15. The predicted molar refractivity (Wildman–Crippen MR) is 84.5 cm³/mol. The second-order valence-electron chi connectivity index (χ2n) is 5.06. The van der Waals surface area contributed by atoms with Crippen molar-refractivity contribution in [2.24, 2.45) is 0 Å². The summed E-state index contributed by atoms with van der Waals surface area (Å²) in [7, 11) is -2.04. The average molecular weight is 305 g/mol. The molecule has 4 nitrogen and oxygen atoms in total. The quantitative estimate of drug-likeness (QED) is 0.941. The number of sulfonamides is 1. The molecule has 0 radical (unpaired) electrons. The van der Waals surface area contributed by atoms with E-state index < -0.39 is 10.0 Å². The van der Waals surface area contributed by atoms with Crippen molar-refractivity contribution in [1.29, 1.82) is 0 Å². The van der Waals surface area contributed by atoms with Crippen LogP contribution in [0.25, 0.3) is 0 Å². The predicted octanol–water partition coefficient (Wildman–Crippen LogP) is 3.42. The van der Waals surface area contributed by atoms with E-state index in [1.807, 2.05) is 32.9 Å². The molecule has 0 amide bonds. The van der Waals surface area contributed by atoms with E-state index in [4.69, 9.17) is 4.74 Å². The van der Waals surface area contributed by atoms with E-state index in [2.05, 4.69) is 4.72 Å². The Morgan fingerprint density at radius 2 is 1.67 bits per heavy atom. The molecule has 112 valence electrons. The number of anilines is 1. The fourth-order valence-corrected chi connectivity index (χ4v) is 3.37. The third-order valence-corrected chi connectivity index (χ3v) is 4.67. The van der Waals surface area contributed by atoms with Crippen LogP contribution >= 0.6 is 0 Å². The molecule has 0 spiro atoms. The lowest BCUT2D eigenvalue weighted by Gasteiger charge is -2.12. The summed E-state index contributed by atoms with van der Waals surface area (Å²) in [4.78, 5) is 0.223. The van der Waals surface area contributed by atoms with Gasteiger partial charge in [0.05, 0.1) is 17.7 Å². The Morgan fingerprint density at radius 1 is 0.952 bits per heavy atom. The van der Waals surface area contributed by atoms with Crippen LogP contribution in [0.2, 0.25) is 0 Å². The van der Waals surface area contributed by atoms with Gasteiger partial charge in [0.2, 0.25) is 0 Å². The zero-order valence-corrected chi connectivity index (χ0v) is 13.4. The van der Waals surface area contributed by atoms with Gasteiger partial charge < -0.3 is 4.74 Å². The SMILES string of the molecule is COc1ccc(S(=O)(=O)Nc2ccc(C)cc2C)cc1C. The second-order valence-corrected chi connectivity index (χ2v) is 6.74. The number of rotatable bonds is 4. The van der Waals surface area contributed by atoms with Crippen LogP contribution in [0, 0.1) is 20.8 Å². The highest BCUT2D eigenvalue weighted by Gasteiger charge is 2.16. The van der Waals surface area contributed by atoms with Crippen molar-refractivity contribution < 1.29 is 13.2 Å². The molecule has 0 fully saturated rings. The fraction of sp³-hybridized carbons (Fsp3) is 0.250.